The largest absolute Gasteiger partial charge is 0.491 e. The normalized spacial score (nSPS) is 16.7. The molecule has 2 aliphatic rings. The summed E-state index contributed by atoms with van der Waals surface area (Å²) in [5.74, 6) is 2.52. The minimum absolute atomic E-state index is 0.0834. The van der Waals surface area contributed by atoms with E-state index in [2.05, 4.69) is 17.0 Å². The van der Waals surface area contributed by atoms with Crippen LogP contribution in [0.3, 0.4) is 0 Å². The third kappa shape index (κ3) is 4.82. The summed E-state index contributed by atoms with van der Waals surface area (Å²) < 4.78 is 16.9. The molecule has 0 aliphatic carbocycles. The molecule has 2 aliphatic heterocycles. The van der Waals surface area contributed by atoms with E-state index in [0.717, 1.165) is 50.0 Å². The average Bonchev–Trinajstić information content (AvgIpc) is 2.74. The van der Waals surface area contributed by atoms with Gasteiger partial charge in [-0.3, -0.25) is 9.69 Å². The maximum Gasteiger partial charge on any atom is 0.253 e. The maximum atomic E-state index is 12.8. The number of carbonyl (C=O) groups is 1. The highest BCUT2D eigenvalue weighted by atomic mass is 16.6. The maximum absolute atomic E-state index is 12.8. The molecule has 0 N–H and O–H groups in total. The number of hydrogen-bond donors (Lipinski definition) is 0. The van der Waals surface area contributed by atoms with Gasteiger partial charge in [-0.1, -0.05) is 6.07 Å². The van der Waals surface area contributed by atoms with E-state index in [1.165, 1.54) is 5.56 Å². The Morgan fingerprint density at radius 2 is 1.66 bits per heavy atom. The molecule has 6 nitrogen and oxygen atoms in total. The van der Waals surface area contributed by atoms with Crippen LogP contribution in [0.5, 0.6) is 17.2 Å². The Kier molecular flexibility index (Phi) is 5.90. The van der Waals surface area contributed by atoms with Gasteiger partial charge in [-0.05, 0) is 55.8 Å². The molecule has 0 aromatic heterocycles. The van der Waals surface area contributed by atoms with E-state index >= 15 is 0 Å². The van der Waals surface area contributed by atoms with E-state index in [0.29, 0.717) is 18.8 Å². The molecule has 2 heterocycles. The van der Waals surface area contributed by atoms with Crippen LogP contribution >= 0.6 is 0 Å². The molecule has 0 bridgehead atoms. The summed E-state index contributed by atoms with van der Waals surface area (Å²) in [6, 6.07) is 13.6. The van der Waals surface area contributed by atoms with Gasteiger partial charge in [0.25, 0.3) is 5.91 Å². The van der Waals surface area contributed by atoms with Crippen molar-refractivity contribution in [3.8, 4) is 17.2 Å². The van der Waals surface area contributed by atoms with Gasteiger partial charge in [-0.15, -0.1) is 0 Å². The second-order valence-corrected chi connectivity index (χ2v) is 7.74. The van der Waals surface area contributed by atoms with E-state index in [1.807, 2.05) is 49.1 Å². The zero-order valence-corrected chi connectivity index (χ0v) is 17.1. The summed E-state index contributed by atoms with van der Waals surface area (Å²) in [6.07, 6.45) is 0.124. The van der Waals surface area contributed by atoms with Crippen molar-refractivity contribution < 1.29 is 19.0 Å². The van der Waals surface area contributed by atoms with Gasteiger partial charge >= 0.3 is 0 Å². The van der Waals surface area contributed by atoms with Crippen molar-refractivity contribution in [3.05, 3.63) is 53.6 Å². The molecular weight excluding hydrogens is 368 g/mol. The number of rotatable bonds is 5. The van der Waals surface area contributed by atoms with Crippen LogP contribution in [0.4, 0.5) is 0 Å². The SMILES string of the molecule is CC(C)Oc1ccc(C(=O)N2CCN(Cc3ccc4c(c3)OCCO4)CC2)cc1. The zero-order chi connectivity index (χ0) is 20.2. The molecule has 2 aromatic carbocycles. The van der Waals surface area contributed by atoms with E-state index in [-0.39, 0.29) is 12.0 Å². The van der Waals surface area contributed by atoms with Crippen LogP contribution in [0.2, 0.25) is 0 Å². The lowest BCUT2D eigenvalue weighted by Crippen LogP contribution is -2.48. The Hall–Kier alpha value is -2.73. The number of amides is 1. The monoisotopic (exact) mass is 396 g/mol. The highest BCUT2D eigenvalue weighted by Crippen LogP contribution is 2.31. The van der Waals surface area contributed by atoms with Crippen molar-refractivity contribution in [2.45, 2.75) is 26.5 Å². The molecule has 2 aromatic rings. The van der Waals surface area contributed by atoms with Gasteiger partial charge in [0.1, 0.15) is 19.0 Å². The zero-order valence-electron chi connectivity index (χ0n) is 17.1. The summed E-state index contributed by atoms with van der Waals surface area (Å²) >= 11 is 0. The van der Waals surface area contributed by atoms with Crippen molar-refractivity contribution >= 4 is 5.91 Å². The van der Waals surface area contributed by atoms with Crippen molar-refractivity contribution in [1.29, 1.82) is 0 Å². The molecule has 6 heteroatoms. The number of piperazine rings is 1. The fourth-order valence-corrected chi connectivity index (χ4v) is 3.68. The van der Waals surface area contributed by atoms with Gasteiger partial charge < -0.3 is 19.1 Å². The molecule has 4 rings (SSSR count). The molecule has 154 valence electrons. The van der Waals surface area contributed by atoms with E-state index in [1.54, 1.807) is 0 Å². The summed E-state index contributed by atoms with van der Waals surface area (Å²) in [5, 5.41) is 0. The van der Waals surface area contributed by atoms with Crippen molar-refractivity contribution in [1.82, 2.24) is 9.80 Å². The molecule has 1 saturated heterocycles. The molecule has 0 unspecified atom stereocenters. The molecule has 1 fully saturated rings. The first kappa shape index (κ1) is 19.6. The third-order valence-electron chi connectivity index (χ3n) is 5.15. The highest BCUT2D eigenvalue weighted by Gasteiger charge is 2.23. The van der Waals surface area contributed by atoms with Crippen LogP contribution in [0, 0.1) is 0 Å². The lowest BCUT2D eigenvalue weighted by Gasteiger charge is -2.35. The number of benzene rings is 2. The lowest BCUT2D eigenvalue weighted by molar-refractivity contribution is 0.0628. The van der Waals surface area contributed by atoms with Gasteiger partial charge in [0.15, 0.2) is 11.5 Å². The van der Waals surface area contributed by atoms with Crippen LogP contribution in [0.25, 0.3) is 0 Å². The lowest BCUT2D eigenvalue weighted by atomic mass is 10.1. The Balaban J connectivity index is 1.30. The van der Waals surface area contributed by atoms with E-state index in [4.69, 9.17) is 14.2 Å². The standard InChI is InChI=1S/C23H28N2O4/c1-17(2)29-20-6-4-19(5-7-20)23(26)25-11-9-24(10-12-25)16-18-3-8-21-22(15-18)28-14-13-27-21/h3-8,15,17H,9-14,16H2,1-2H3. The Labute approximate surface area is 172 Å². The van der Waals surface area contributed by atoms with Crippen molar-refractivity contribution in [2.75, 3.05) is 39.4 Å². The van der Waals surface area contributed by atoms with Crippen LogP contribution in [0.1, 0.15) is 29.8 Å². The Morgan fingerprint density at radius 3 is 2.34 bits per heavy atom. The molecule has 0 spiro atoms. The summed E-state index contributed by atoms with van der Waals surface area (Å²) in [4.78, 5) is 17.1. The van der Waals surface area contributed by atoms with Gasteiger partial charge in [0, 0.05) is 38.3 Å². The summed E-state index contributed by atoms with van der Waals surface area (Å²) in [7, 11) is 0. The quantitative estimate of drug-likeness (QED) is 0.777. The minimum Gasteiger partial charge on any atom is -0.491 e. The number of nitrogens with zero attached hydrogens (tertiary/aromatic N) is 2. The van der Waals surface area contributed by atoms with Crippen LogP contribution in [0.15, 0.2) is 42.5 Å². The molecule has 0 radical (unpaired) electrons. The van der Waals surface area contributed by atoms with Crippen LogP contribution in [-0.2, 0) is 6.54 Å². The van der Waals surface area contributed by atoms with Crippen LogP contribution < -0.4 is 14.2 Å². The van der Waals surface area contributed by atoms with E-state index < -0.39 is 0 Å². The first-order valence-electron chi connectivity index (χ1n) is 10.3. The smallest absolute Gasteiger partial charge is 0.253 e. The second kappa shape index (κ2) is 8.74. The molecule has 1 amide bonds. The number of fused-ring (bicyclic) bond motifs is 1. The number of hydrogen-bond acceptors (Lipinski definition) is 5. The van der Waals surface area contributed by atoms with Crippen molar-refractivity contribution in [3.63, 3.8) is 0 Å². The van der Waals surface area contributed by atoms with Gasteiger partial charge in [-0.25, -0.2) is 0 Å². The Morgan fingerprint density at radius 1 is 0.966 bits per heavy atom. The fourth-order valence-electron chi connectivity index (χ4n) is 3.68. The summed E-state index contributed by atoms with van der Waals surface area (Å²) in [5.41, 5.74) is 1.91. The highest BCUT2D eigenvalue weighted by molar-refractivity contribution is 5.94. The number of carbonyl (C=O) groups excluding carboxylic acids is 1. The predicted octanol–water partition coefficient (Wildman–Crippen LogP) is 3.20. The number of ether oxygens (including phenoxy) is 3. The topological polar surface area (TPSA) is 51.2 Å². The van der Waals surface area contributed by atoms with Gasteiger partial charge in [-0.2, -0.15) is 0 Å². The van der Waals surface area contributed by atoms with Gasteiger partial charge in [0.05, 0.1) is 6.10 Å². The first-order valence-corrected chi connectivity index (χ1v) is 10.3. The minimum atomic E-state index is 0.0834. The summed E-state index contributed by atoms with van der Waals surface area (Å²) in [6.45, 7) is 9.20. The molecule has 0 saturated carbocycles. The Bertz CT molecular complexity index is 842. The third-order valence-corrected chi connectivity index (χ3v) is 5.15. The van der Waals surface area contributed by atoms with Crippen LogP contribution in [-0.4, -0.2) is 61.2 Å². The second-order valence-electron chi connectivity index (χ2n) is 7.74. The molecular formula is C23H28N2O4. The van der Waals surface area contributed by atoms with Gasteiger partial charge in [0.2, 0.25) is 0 Å². The average molecular weight is 396 g/mol. The molecule has 29 heavy (non-hydrogen) atoms. The predicted molar refractivity (Wildman–Crippen MR) is 111 cm³/mol. The fraction of sp³-hybridized carbons (Fsp3) is 0.435. The first-order chi connectivity index (χ1) is 14.1. The molecule has 0 atom stereocenters. The van der Waals surface area contributed by atoms with E-state index in [9.17, 15) is 4.79 Å². The van der Waals surface area contributed by atoms with Crippen molar-refractivity contribution in [2.24, 2.45) is 0 Å².